The van der Waals surface area contributed by atoms with Gasteiger partial charge in [-0.3, -0.25) is 9.48 Å². The van der Waals surface area contributed by atoms with Crippen LogP contribution in [0.3, 0.4) is 0 Å². The number of carbonyl (C=O) groups excluding carboxylic acids is 1. The van der Waals surface area contributed by atoms with Crippen LogP contribution in [0, 0.1) is 13.8 Å². The molecular weight excluding hydrogens is 309 g/mol. The van der Waals surface area contributed by atoms with Crippen molar-refractivity contribution in [3.63, 3.8) is 0 Å². The Balaban J connectivity index is 2.11. The minimum Gasteiger partial charge on any atom is -0.322 e. The molecule has 0 radical (unpaired) electrons. The van der Waals surface area contributed by atoms with Gasteiger partial charge in [0.1, 0.15) is 0 Å². The average molecular weight is 324 g/mol. The van der Waals surface area contributed by atoms with Crippen LogP contribution in [0.15, 0.2) is 24.3 Å². The lowest BCUT2D eigenvalue weighted by Crippen LogP contribution is -2.07. The van der Waals surface area contributed by atoms with Gasteiger partial charge in [-0.2, -0.15) is 5.10 Å². The molecule has 0 aliphatic carbocycles. The van der Waals surface area contributed by atoms with E-state index in [4.69, 9.17) is 23.2 Å². The first-order valence-electron chi connectivity index (χ1n) is 6.33. The maximum absolute atomic E-state index is 11.9. The van der Waals surface area contributed by atoms with Gasteiger partial charge in [0.05, 0.1) is 15.7 Å². The molecule has 21 heavy (non-hydrogen) atoms. The van der Waals surface area contributed by atoms with E-state index in [9.17, 15) is 4.79 Å². The topological polar surface area (TPSA) is 46.9 Å². The number of nitrogens with one attached hydrogen (secondary N) is 1. The Hall–Kier alpha value is -1.78. The van der Waals surface area contributed by atoms with Crippen molar-refractivity contribution in [1.29, 1.82) is 0 Å². The number of halogens is 2. The van der Waals surface area contributed by atoms with Crippen molar-refractivity contribution in [2.45, 2.75) is 13.8 Å². The minimum atomic E-state index is -0.240. The van der Waals surface area contributed by atoms with E-state index in [1.54, 1.807) is 29.0 Å². The highest BCUT2D eigenvalue weighted by Crippen LogP contribution is 2.25. The van der Waals surface area contributed by atoms with E-state index >= 15 is 0 Å². The second-order valence-electron chi connectivity index (χ2n) is 4.66. The summed E-state index contributed by atoms with van der Waals surface area (Å²) in [7, 11) is 1.87. The molecule has 1 N–H and O–H groups in total. The summed E-state index contributed by atoms with van der Waals surface area (Å²) >= 11 is 11.7. The Morgan fingerprint density at radius 3 is 2.57 bits per heavy atom. The lowest BCUT2D eigenvalue weighted by molar-refractivity contribution is -0.111. The quantitative estimate of drug-likeness (QED) is 0.868. The SMILES string of the molecule is Cc1nn(C)c(C)c1/C=C/C(=O)Nc1ccc(Cl)c(Cl)c1. The molecule has 4 nitrogen and oxygen atoms in total. The van der Waals surface area contributed by atoms with Gasteiger partial charge in [0.15, 0.2) is 0 Å². The van der Waals surface area contributed by atoms with Gasteiger partial charge in [0.25, 0.3) is 0 Å². The van der Waals surface area contributed by atoms with E-state index < -0.39 is 0 Å². The van der Waals surface area contributed by atoms with Crippen LogP contribution < -0.4 is 5.32 Å². The van der Waals surface area contributed by atoms with E-state index in [0.29, 0.717) is 15.7 Å². The summed E-state index contributed by atoms with van der Waals surface area (Å²) < 4.78 is 1.78. The van der Waals surface area contributed by atoms with Gasteiger partial charge >= 0.3 is 0 Å². The predicted octanol–water partition coefficient (Wildman–Crippen LogP) is 4.00. The minimum absolute atomic E-state index is 0.240. The molecule has 1 amide bonds. The Labute approximate surface area is 133 Å². The lowest BCUT2D eigenvalue weighted by Gasteiger charge is -2.03. The summed E-state index contributed by atoms with van der Waals surface area (Å²) in [6.07, 6.45) is 3.23. The summed E-state index contributed by atoms with van der Waals surface area (Å²) in [5.74, 6) is -0.240. The van der Waals surface area contributed by atoms with Crippen LogP contribution >= 0.6 is 23.2 Å². The van der Waals surface area contributed by atoms with Crippen LogP contribution in [-0.4, -0.2) is 15.7 Å². The fourth-order valence-electron chi connectivity index (χ4n) is 1.95. The normalized spacial score (nSPS) is 11.1. The average Bonchev–Trinajstić information content (AvgIpc) is 2.66. The fraction of sp³-hybridized carbons (Fsp3) is 0.200. The molecule has 0 bridgehead atoms. The van der Waals surface area contributed by atoms with Crippen molar-refractivity contribution < 1.29 is 4.79 Å². The molecule has 0 spiro atoms. The molecule has 2 aromatic rings. The van der Waals surface area contributed by atoms with Crippen LogP contribution in [0.1, 0.15) is 17.0 Å². The molecule has 0 saturated carbocycles. The van der Waals surface area contributed by atoms with Crippen molar-refractivity contribution >= 4 is 40.9 Å². The number of carbonyl (C=O) groups is 1. The zero-order valence-corrected chi connectivity index (χ0v) is 13.5. The fourth-order valence-corrected chi connectivity index (χ4v) is 2.25. The van der Waals surface area contributed by atoms with E-state index in [1.165, 1.54) is 6.08 Å². The number of rotatable bonds is 3. The van der Waals surface area contributed by atoms with Crippen molar-refractivity contribution in [2.24, 2.45) is 7.05 Å². The van der Waals surface area contributed by atoms with Crippen molar-refractivity contribution in [2.75, 3.05) is 5.32 Å². The Morgan fingerprint density at radius 2 is 2.00 bits per heavy atom. The Bertz CT molecular complexity index is 720. The molecule has 0 aliphatic rings. The molecule has 2 rings (SSSR count). The van der Waals surface area contributed by atoms with Crippen molar-refractivity contribution in [3.05, 3.63) is 51.3 Å². The first-order chi connectivity index (χ1) is 9.88. The van der Waals surface area contributed by atoms with Crippen LogP contribution in [0.5, 0.6) is 0 Å². The molecular formula is C15H15Cl2N3O. The smallest absolute Gasteiger partial charge is 0.248 e. The Morgan fingerprint density at radius 1 is 1.29 bits per heavy atom. The summed E-state index contributed by atoms with van der Waals surface area (Å²) in [6.45, 7) is 3.86. The van der Waals surface area contributed by atoms with Crippen LogP contribution in [0.25, 0.3) is 6.08 Å². The molecule has 0 unspecified atom stereocenters. The molecule has 1 aromatic heterocycles. The van der Waals surface area contributed by atoms with Crippen LogP contribution in [0.4, 0.5) is 5.69 Å². The lowest BCUT2D eigenvalue weighted by atomic mass is 10.2. The largest absolute Gasteiger partial charge is 0.322 e. The summed E-state index contributed by atoms with van der Waals surface area (Å²) in [4.78, 5) is 11.9. The zero-order chi connectivity index (χ0) is 15.6. The zero-order valence-electron chi connectivity index (χ0n) is 11.9. The second-order valence-corrected chi connectivity index (χ2v) is 5.47. The first-order valence-corrected chi connectivity index (χ1v) is 7.08. The summed E-state index contributed by atoms with van der Waals surface area (Å²) in [6, 6.07) is 4.94. The summed E-state index contributed by atoms with van der Waals surface area (Å²) in [5.41, 5.74) is 3.43. The van der Waals surface area contributed by atoms with E-state index in [-0.39, 0.29) is 5.91 Å². The molecule has 1 heterocycles. The number of anilines is 1. The highest BCUT2D eigenvalue weighted by molar-refractivity contribution is 6.42. The third-order valence-electron chi connectivity index (χ3n) is 3.15. The molecule has 110 valence electrons. The van der Waals surface area contributed by atoms with Gasteiger partial charge < -0.3 is 5.32 Å². The van der Waals surface area contributed by atoms with Gasteiger partial charge in [-0.15, -0.1) is 0 Å². The standard InChI is InChI=1S/C15H15Cl2N3O/c1-9-12(10(2)20(3)19-9)5-7-15(21)18-11-4-6-13(16)14(17)8-11/h4-8H,1-3H3,(H,18,21)/b7-5+. The van der Waals surface area contributed by atoms with Gasteiger partial charge in [0, 0.05) is 30.1 Å². The first kappa shape index (κ1) is 15.6. The molecule has 6 heteroatoms. The number of amides is 1. The third-order valence-corrected chi connectivity index (χ3v) is 3.89. The molecule has 1 aromatic carbocycles. The van der Waals surface area contributed by atoms with Gasteiger partial charge in [0.2, 0.25) is 5.91 Å². The van der Waals surface area contributed by atoms with Gasteiger partial charge in [-0.05, 0) is 38.1 Å². The highest BCUT2D eigenvalue weighted by Gasteiger charge is 2.07. The molecule has 0 fully saturated rings. The van der Waals surface area contributed by atoms with E-state index in [0.717, 1.165) is 17.0 Å². The Kier molecular flexibility index (Phi) is 4.70. The van der Waals surface area contributed by atoms with Crippen molar-refractivity contribution in [1.82, 2.24) is 9.78 Å². The third kappa shape index (κ3) is 3.65. The molecule has 0 saturated heterocycles. The summed E-state index contributed by atoms with van der Waals surface area (Å²) in [5, 5.41) is 7.88. The molecule has 0 aliphatic heterocycles. The maximum atomic E-state index is 11.9. The molecule has 0 atom stereocenters. The van der Waals surface area contributed by atoms with Crippen LogP contribution in [-0.2, 0) is 11.8 Å². The predicted molar refractivity (Wildman–Crippen MR) is 86.8 cm³/mol. The number of nitrogens with zero attached hydrogens (tertiary/aromatic N) is 2. The number of hydrogen-bond acceptors (Lipinski definition) is 2. The number of hydrogen-bond donors (Lipinski definition) is 1. The van der Waals surface area contributed by atoms with E-state index in [1.807, 2.05) is 20.9 Å². The van der Waals surface area contributed by atoms with Crippen molar-refractivity contribution in [3.8, 4) is 0 Å². The van der Waals surface area contributed by atoms with E-state index in [2.05, 4.69) is 10.4 Å². The number of aromatic nitrogens is 2. The van der Waals surface area contributed by atoms with Gasteiger partial charge in [-0.25, -0.2) is 0 Å². The maximum Gasteiger partial charge on any atom is 0.248 e. The monoisotopic (exact) mass is 323 g/mol. The number of benzene rings is 1. The van der Waals surface area contributed by atoms with Crippen LogP contribution in [0.2, 0.25) is 10.0 Å². The second kappa shape index (κ2) is 6.33. The van der Waals surface area contributed by atoms with Gasteiger partial charge in [-0.1, -0.05) is 23.2 Å². The number of aryl methyl sites for hydroxylation is 2. The highest BCUT2D eigenvalue weighted by atomic mass is 35.5.